The number of ether oxygens (including phenoxy) is 2. The van der Waals surface area contributed by atoms with Crippen molar-refractivity contribution in [3.8, 4) is 22.8 Å². The molecule has 3 aromatic rings. The van der Waals surface area contributed by atoms with Crippen LogP contribution in [0.3, 0.4) is 0 Å². The molecule has 0 fully saturated rings. The predicted molar refractivity (Wildman–Crippen MR) is 105 cm³/mol. The van der Waals surface area contributed by atoms with E-state index in [0.29, 0.717) is 34.1 Å². The van der Waals surface area contributed by atoms with Crippen LogP contribution >= 0.6 is 0 Å². The van der Waals surface area contributed by atoms with E-state index in [9.17, 15) is 14.9 Å². The molecule has 0 atom stereocenters. The molecular weight excluding hydrogens is 378 g/mol. The zero-order valence-electron chi connectivity index (χ0n) is 15.6. The van der Waals surface area contributed by atoms with Crippen LogP contribution in [0.5, 0.6) is 11.5 Å². The number of hydrazone groups is 1. The van der Waals surface area contributed by atoms with Crippen LogP contribution in [0.1, 0.15) is 16.1 Å². The third-order valence-electron chi connectivity index (χ3n) is 4.00. The average molecular weight is 395 g/mol. The zero-order chi connectivity index (χ0) is 20.8. The summed E-state index contributed by atoms with van der Waals surface area (Å²) in [5, 5.41) is 14.9. The van der Waals surface area contributed by atoms with Gasteiger partial charge in [-0.3, -0.25) is 14.9 Å². The summed E-state index contributed by atoms with van der Waals surface area (Å²) in [5.41, 5.74) is 3.17. The fraction of sp³-hybridized carbons (Fsp3) is 0.100. The van der Waals surface area contributed by atoms with E-state index in [2.05, 4.69) is 10.5 Å². The van der Waals surface area contributed by atoms with Gasteiger partial charge < -0.3 is 13.9 Å². The summed E-state index contributed by atoms with van der Waals surface area (Å²) in [6, 6.07) is 14.0. The van der Waals surface area contributed by atoms with Gasteiger partial charge in [-0.2, -0.15) is 5.10 Å². The van der Waals surface area contributed by atoms with Crippen molar-refractivity contribution in [2.45, 2.75) is 0 Å². The Bertz CT molecular complexity index is 1060. The molecule has 1 aromatic heterocycles. The van der Waals surface area contributed by atoms with Crippen molar-refractivity contribution in [1.29, 1.82) is 0 Å². The largest absolute Gasteiger partial charge is 0.497 e. The highest BCUT2D eigenvalue weighted by Gasteiger charge is 2.15. The topological polar surface area (TPSA) is 116 Å². The molecule has 0 aliphatic carbocycles. The van der Waals surface area contributed by atoms with Gasteiger partial charge in [-0.25, -0.2) is 5.43 Å². The number of non-ortho nitro benzene ring substituents is 1. The molecule has 9 heteroatoms. The Morgan fingerprint density at radius 2 is 1.86 bits per heavy atom. The molecule has 0 bridgehead atoms. The van der Waals surface area contributed by atoms with E-state index < -0.39 is 10.8 Å². The molecule has 1 amide bonds. The minimum absolute atomic E-state index is 0.0841. The Labute approximate surface area is 165 Å². The molecule has 1 N–H and O–H groups in total. The molecule has 0 saturated heterocycles. The summed E-state index contributed by atoms with van der Waals surface area (Å²) in [7, 11) is 3.00. The maximum atomic E-state index is 12.1. The molecule has 148 valence electrons. The Kier molecular flexibility index (Phi) is 5.88. The standard InChI is InChI=1S/C20H17N3O6/c1-27-15-6-3-13(4-7-15)20(24)22-21-12-16-8-10-19(29-16)17-11-14(23(25)26)5-9-18(17)28-2/h3-12H,1-2H3,(H,22,24)/b21-12-. The Hall–Kier alpha value is -4.14. The SMILES string of the molecule is COc1ccc(C(=O)N/N=C\c2ccc(-c3cc([N+](=O)[O-])ccc3OC)o2)cc1. The highest BCUT2D eigenvalue weighted by Crippen LogP contribution is 2.34. The van der Waals surface area contributed by atoms with Gasteiger partial charge in [0.2, 0.25) is 0 Å². The highest BCUT2D eigenvalue weighted by molar-refractivity contribution is 5.94. The van der Waals surface area contributed by atoms with Gasteiger partial charge in [-0.05, 0) is 42.5 Å². The number of carbonyl (C=O) groups excluding carboxylic acids is 1. The number of nitrogens with zero attached hydrogens (tertiary/aromatic N) is 2. The number of hydrogen-bond donors (Lipinski definition) is 1. The van der Waals surface area contributed by atoms with Crippen molar-refractivity contribution in [3.05, 3.63) is 76.0 Å². The highest BCUT2D eigenvalue weighted by atomic mass is 16.6. The third kappa shape index (κ3) is 4.59. The van der Waals surface area contributed by atoms with Crippen LogP contribution < -0.4 is 14.9 Å². The summed E-state index contributed by atoms with van der Waals surface area (Å²) < 4.78 is 15.9. The Balaban J connectivity index is 1.72. The number of benzene rings is 2. The molecular formula is C20H17N3O6. The summed E-state index contributed by atoms with van der Waals surface area (Å²) in [5.74, 6) is 1.40. The predicted octanol–water partition coefficient (Wildman–Crippen LogP) is 3.64. The molecule has 29 heavy (non-hydrogen) atoms. The number of amides is 1. The lowest BCUT2D eigenvalue weighted by Gasteiger charge is -2.05. The van der Waals surface area contributed by atoms with Gasteiger partial charge in [-0.15, -0.1) is 0 Å². The lowest BCUT2D eigenvalue weighted by molar-refractivity contribution is -0.384. The van der Waals surface area contributed by atoms with Crippen molar-refractivity contribution in [1.82, 2.24) is 5.43 Å². The van der Waals surface area contributed by atoms with Gasteiger partial charge in [0, 0.05) is 17.7 Å². The minimum Gasteiger partial charge on any atom is -0.497 e. The zero-order valence-corrected chi connectivity index (χ0v) is 15.6. The monoisotopic (exact) mass is 395 g/mol. The maximum absolute atomic E-state index is 12.1. The number of carbonyl (C=O) groups is 1. The fourth-order valence-corrected chi connectivity index (χ4v) is 2.53. The molecule has 1 heterocycles. The van der Waals surface area contributed by atoms with Crippen LogP contribution in [0.15, 0.2) is 64.1 Å². The molecule has 0 saturated carbocycles. The number of rotatable bonds is 7. The molecule has 9 nitrogen and oxygen atoms in total. The van der Waals surface area contributed by atoms with Gasteiger partial charge in [0.25, 0.3) is 11.6 Å². The first kappa shape index (κ1) is 19.6. The molecule has 3 rings (SSSR count). The van der Waals surface area contributed by atoms with Crippen molar-refractivity contribution in [2.75, 3.05) is 14.2 Å². The minimum atomic E-state index is -0.497. The first-order chi connectivity index (χ1) is 14.0. The van der Waals surface area contributed by atoms with Gasteiger partial charge in [0.15, 0.2) is 0 Å². The van der Waals surface area contributed by atoms with Gasteiger partial charge in [0.05, 0.1) is 30.9 Å². The van der Waals surface area contributed by atoms with Crippen molar-refractivity contribution >= 4 is 17.8 Å². The van der Waals surface area contributed by atoms with Crippen LogP contribution in [0.2, 0.25) is 0 Å². The number of hydrogen-bond acceptors (Lipinski definition) is 7. The van der Waals surface area contributed by atoms with Crippen molar-refractivity contribution < 1.29 is 23.6 Å². The number of nitro groups is 1. The quantitative estimate of drug-likeness (QED) is 0.371. The summed E-state index contributed by atoms with van der Waals surface area (Å²) in [6.07, 6.45) is 1.33. The normalized spacial score (nSPS) is 10.7. The van der Waals surface area contributed by atoms with Gasteiger partial charge in [-0.1, -0.05) is 0 Å². The number of nitro benzene ring substituents is 1. The van der Waals surface area contributed by atoms with Gasteiger partial charge >= 0.3 is 0 Å². The number of methoxy groups -OCH3 is 2. The van der Waals surface area contributed by atoms with E-state index in [1.807, 2.05) is 0 Å². The second-order valence-electron chi connectivity index (χ2n) is 5.77. The summed E-state index contributed by atoms with van der Waals surface area (Å²) >= 11 is 0. The smallest absolute Gasteiger partial charge is 0.271 e. The van der Waals surface area contributed by atoms with Crippen LogP contribution in [0.4, 0.5) is 5.69 Å². The molecule has 0 aliphatic rings. The second-order valence-corrected chi connectivity index (χ2v) is 5.77. The summed E-state index contributed by atoms with van der Waals surface area (Å²) in [4.78, 5) is 22.6. The summed E-state index contributed by atoms with van der Waals surface area (Å²) in [6.45, 7) is 0. The Morgan fingerprint density at radius 3 is 2.52 bits per heavy atom. The van der Waals surface area contributed by atoms with Crippen molar-refractivity contribution in [3.63, 3.8) is 0 Å². The van der Waals surface area contributed by atoms with Crippen LogP contribution in [-0.2, 0) is 0 Å². The fourth-order valence-electron chi connectivity index (χ4n) is 2.53. The van der Waals surface area contributed by atoms with Crippen LogP contribution in [-0.4, -0.2) is 31.3 Å². The average Bonchev–Trinajstić information content (AvgIpc) is 3.22. The third-order valence-corrected chi connectivity index (χ3v) is 4.00. The van der Waals surface area contributed by atoms with E-state index in [1.165, 1.54) is 31.5 Å². The molecule has 0 radical (unpaired) electrons. The first-order valence-corrected chi connectivity index (χ1v) is 8.42. The second kappa shape index (κ2) is 8.70. The number of furan rings is 1. The number of nitrogens with one attached hydrogen (secondary N) is 1. The van der Waals surface area contributed by atoms with E-state index >= 15 is 0 Å². The van der Waals surface area contributed by atoms with Crippen molar-refractivity contribution in [2.24, 2.45) is 5.10 Å². The Morgan fingerprint density at radius 1 is 1.10 bits per heavy atom. The van der Waals surface area contributed by atoms with E-state index in [-0.39, 0.29) is 5.69 Å². The van der Waals surface area contributed by atoms with E-state index in [4.69, 9.17) is 13.9 Å². The molecule has 0 aliphatic heterocycles. The van der Waals surface area contributed by atoms with Gasteiger partial charge in [0.1, 0.15) is 23.0 Å². The van der Waals surface area contributed by atoms with E-state index in [1.54, 1.807) is 43.5 Å². The molecule has 0 unspecified atom stereocenters. The lowest BCUT2D eigenvalue weighted by atomic mass is 10.1. The van der Waals surface area contributed by atoms with E-state index in [0.717, 1.165) is 0 Å². The molecule has 2 aromatic carbocycles. The maximum Gasteiger partial charge on any atom is 0.271 e. The first-order valence-electron chi connectivity index (χ1n) is 8.42. The van der Waals surface area contributed by atoms with Crippen LogP contribution in [0, 0.1) is 10.1 Å². The van der Waals surface area contributed by atoms with Crippen LogP contribution in [0.25, 0.3) is 11.3 Å². The lowest BCUT2D eigenvalue weighted by Crippen LogP contribution is -2.17. The molecule has 0 spiro atoms.